The predicted octanol–water partition coefficient (Wildman–Crippen LogP) is 4.38. The summed E-state index contributed by atoms with van der Waals surface area (Å²) >= 11 is 0. The minimum Gasteiger partial charge on any atom is -0.364 e. The van der Waals surface area contributed by atoms with Crippen LogP contribution in [0.2, 0.25) is 0 Å². The van der Waals surface area contributed by atoms with Gasteiger partial charge in [0, 0.05) is 11.6 Å². The number of nitrogens with zero attached hydrogens (tertiary/aromatic N) is 1. The summed E-state index contributed by atoms with van der Waals surface area (Å²) in [6.45, 7) is 0. The number of hydrogen-bond donors (Lipinski definition) is 0. The lowest BCUT2D eigenvalue weighted by molar-refractivity contribution is -0.142. The van der Waals surface area contributed by atoms with Crippen molar-refractivity contribution < 1.29 is 30.9 Å². The highest BCUT2D eigenvalue weighted by atomic mass is 19.4. The topological polar surface area (TPSA) is 26.0 Å². The van der Waals surface area contributed by atoms with E-state index in [4.69, 9.17) is 0 Å². The van der Waals surface area contributed by atoms with Crippen molar-refractivity contribution in [3.8, 4) is 11.3 Å². The summed E-state index contributed by atoms with van der Waals surface area (Å²) in [5.74, 6) is 0. The first-order valence-corrected chi connectivity index (χ1v) is 4.89. The number of halogens is 6. The summed E-state index contributed by atoms with van der Waals surface area (Å²) in [5, 5.41) is 3.30. The Labute approximate surface area is 102 Å². The van der Waals surface area contributed by atoms with Crippen LogP contribution in [0.5, 0.6) is 0 Å². The molecule has 0 aliphatic carbocycles. The molecule has 0 fully saturated rings. The van der Waals surface area contributed by atoms with Crippen LogP contribution in [0.1, 0.15) is 11.1 Å². The highest BCUT2D eigenvalue weighted by Crippen LogP contribution is 2.40. The average molecular weight is 281 g/mol. The van der Waals surface area contributed by atoms with Crippen LogP contribution in [0.4, 0.5) is 26.3 Å². The van der Waals surface area contributed by atoms with Gasteiger partial charge in [0.2, 0.25) is 0 Å². The lowest BCUT2D eigenvalue weighted by Crippen LogP contribution is -2.12. The Kier molecular flexibility index (Phi) is 3.03. The van der Waals surface area contributed by atoms with Crippen molar-refractivity contribution in [3.05, 3.63) is 41.7 Å². The van der Waals surface area contributed by atoms with Crippen molar-refractivity contribution in [1.29, 1.82) is 0 Å². The zero-order valence-corrected chi connectivity index (χ0v) is 9.01. The van der Waals surface area contributed by atoms with E-state index in [1.54, 1.807) is 0 Å². The number of rotatable bonds is 1. The SMILES string of the molecule is FC(F)(F)c1ccc(-c2ccon2)c(C(F)(F)F)c1. The van der Waals surface area contributed by atoms with Crippen LogP contribution in [0.3, 0.4) is 0 Å². The molecule has 1 heterocycles. The van der Waals surface area contributed by atoms with Gasteiger partial charge in [0.25, 0.3) is 0 Å². The zero-order valence-electron chi connectivity index (χ0n) is 9.01. The van der Waals surface area contributed by atoms with Crippen LogP contribution in [0.25, 0.3) is 11.3 Å². The molecule has 0 aliphatic rings. The molecular formula is C11H5F6NO. The van der Waals surface area contributed by atoms with E-state index in [2.05, 4.69) is 9.68 Å². The molecule has 0 spiro atoms. The van der Waals surface area contributed by atoms with E-state index < -0.39 is 29.0 Å². The van der Waals surface area contributed by atoms with Crippen LogP contribution < -0.4 is 0 Å². The monoisotopic (exact) mass is 281 g/mol. The van der Waals surface area contributed by atoms with Gasteiger partial charge >= 0.3 is 12.4 Å². The molecule has 1 aromatic carbocycles. The molecule has 0 saturated heterocycles. The van der Waals surface area contributed by atoms with Gasteiger partial charge in [-0.15, -0.1) is 0 Å². The van der Waals surface area contributed by atoms with Crippen molar-refractivity contribution >= 4 is 0 Å². The number of benzene rings is 1. The maximum atomic E-state index is 12.8. The van der Waals surface area contributed by atoms with E-state index in [9.17, 15) is 26.3 Å². The maximum absolute atomic E-state index is 12.8. The number of aromatic nitrogens is 1. The summed E-state index contributed by atoms with van der Waals surface area (Å²) in [7, 11) is 0. The van der Waals surface area contributed by atoms with Crippen molar-refractivity contribution in [1.82, 2.24) is 5.16 Å². The molecular weight excluding hydrogens is 276 g/mol. The first-order valence-electron chi connectivity index (χ1n) is 4.89. The van der Waals surface area contributed by atoms with Gasteiger partial charge in [0.1, 0.15) is 12.0 Å². The minimum atomic E-state index is -4.92. The molecule has 2 nitrogen and oxygen atoms in total. The quantitative estimate of drug-likeness (QED) is 0.725. The standard InChI is InChI=1S/C11H5F6NO/c12-10(13,14)6-1-2-7(9-3-4-19-18-9)8(5-6)11(15,16)17/h1-5H. The molecule has 0 N–H and O–H groups in total. The van der Waals surface area contributed by atoms with Crippen molar-refractivity contribution in [3.63, 3.8) is 0 Å². The van der Waals surface area contributed by atoms with Gasteiger partial charge in [0.05, 0.1) is 11.1 Å². The molecule has 0 aliphatic heterocycles. The summed E-state index contributed by atoms with van der Waals surface area (Å²) in [4.78, 5) is 0. The van der Waals surface area contributed by atoms with Crippen LogP contribution >= 0.6 is 0 Å². The second-order valence-electron chi connectivity index (χ2n) is 3.64. The fraction of sp³-hybridized carbons (Fsp3) is 0.182. The van der Waals surface area contributed by atoms with Gasteiger partial charge in [-0.05, 0) is 12.1 Å². The fourth-order valence-electron chi connectivity index (χ4n) is 1.53. The van der Waals surface area contributed by atoms with Gasteiger partial charge in [-0.1, -0.05) is 11.2 Å². The molecule has 0 atom stereocenters. The normalized spacial score (nSPS) is 12.7. The highest BCUT2D eigenvalue weighted by Gasteiger charge is 2.38. The minimum absolute atomic E-state index is 0.0595. The largest absolute Gasteiger partial charge is 0.417 e. The molecule has 0 radical (unpaired) electrons. The van der Waals surface area contributed by atoms with Crippen molar-refractivity contribution in [2.75, 3.05) is 0 Å². The van der Waals surface area contributed by atoms with E-state index in [0.717, 1.165) is 18.4 Å². The first-order chi connectivity index (χ1) is 8.69. The lowest BCUT2D eigenvalue weighted by atomic mass is 10.0. The molecule has 8 heteroatoms. The third-order valence-corrected chi connectivity index (χ3v) is 2.37. The average Bonchev–Trinajstić information content (AvgIpc) is 2.79. The lowest BCUT2D eigenvalue weighted by Gasteiger charge is -2.14. The van der Waals surface area contributed by atoms with Gasteiger partial charge < -0.3 is 4.52 Å². The van der Waals surface area contributed by atoms with E-state index in [0.29, 0.717) is 6.07 Å². The zero-order chi connectivity index (χ0) is 14.3. The Hall–Kier alpha value is -1.99. The smallest absolute Gasteiger partial charge is 0.364 e. The maximum Gasteiger partial charge on any atom is 0.417 e. The number of hydrogen-bond acceptors (Lipinski definition) is 2. The molecule has 0 bridgehead atoms. The molecule has 1 aromatic heterocycles. The molecule has 0 amide bonds. The summed E-state index contributed by atoms with van der Waals surface area (Å²) in [6, 6.07) is 2.49. The second kappa shape index (κ2) is 4.29. The van der Waals surface area contributed by atoms with Gasteiger partial charge in [0.15, 0.2) is 0 Å². The van der Waals surface area contributed by atoms with E-state index in [1.807, 2.05) is 0 Å². The third-order valence-electron chi connectivity index (χ3n) is 2.37. The number of alkyl halides is 6. The molecule has 2 aromatic rings. The Morgan fingerprint density at radius 2 is 1.58 bits per heavy atom. The molecule has 0 unspecified atom stereocenters. The van der Waals surface area contributed by atoms with E-state index in [1.165, 1.54) is 0 Å². The highest BCUT2D eigenvalue weighted by molar-refractivity contribution is 5.64. The Morgan fingerprint density at radius 3 is 2.05 bits per heavy atom. The molecule has 2 rings (SSSR count). The molecule has 19 heavy (non-hydrogen) atoms. The Bertz CT molecular complexity index is 570. The second-order valence-corrected chi connectivity index (χ2v) is 3.64. The first kappa shape index (κ1) is 13.4. The predicted molar refractivity (Wildman–Crippen MR) is 51.9 cm³/mol. The third kappa shape index (κ3) is 2.72. The summed E-state index contributed by atoms with van der Waals surface area (Å²) in [5.41, 5.74) is -3.42. The van der Waals surface area contributed by atoms with E-state index in [-0.39, 0.29) is 11.8 Å². The fourth-order valence-corrected chi connectivity index (χ4v) is 1.53. The Morgan fingerprint density at radius 1 is 0.895 bits per heavy atom. The van der Waals surface area contributed by atoms with Crippen LogP contribution in [-0.4, -0.2) is 5.16 Å². The van der Waals surface area contributed by atoms with Crippen LogP contribution in [0.15, 0.2) is 35.1 Å². The van der Waals surface area contributed by atoms with Gasteiger partial charge in [-0.25, -0.2) is 0 Å². The van der Waals surface area contributed by atoms with E-state index >= 15 is 0 Å². The van der Waals surface area contributed by atoms with Crippen LogP contribution in [-0.2, 0) is 12.4 Å². The van der Waals surface area contributed by atoms with Crippen LogP contribution in [0, 0.1) is 0 Å². The van der Waals surface area contributed by atoms with Crippen molar-refractivity contribution in [2.45, 2.75) is 12.4 Å². The summed E-state index contributed by atoms with van der Waals surface area (Å²) in [6.07, 6.45) is -8.73. The van der Waals surface area contributed by atoms with Crippen molar-refractivity contribution in [2.24, 2.45) is 0 Å². The summed E-state index contributed by atoms with van der Waals surface area (Å²) < 4.78 is 80.0. The Balaban J connectivity index is 2.63. The van der Waals surface area contributed by atoms with Gasteiger partial charge in [-0.2, -0.15) is 26.3 Å². The van der Waals surface area contributed by atoms with Gasteiger partial charge in [-0.3, -0.25) is 0 Å². The molecule has 0 saturated carbocycles. The molecule has 102 valence electrons.